The summed E-state index contributed by atoms with van der Waals surface area (Å²) in [6.07, 6.45) is 8.46. The first-order chi connectivity index (χ1) is 9.24. The average molecular weight is 264 g/mol. The molecular formula is C15H24N2O2. The molecule has 1 unspecified atom stereocenters. The Morgan fingerprint density at radius 3 is 3.00 bits per heavy atom. The van der Waals surface area contributed by atoms with Gasteiger partial charge >= 0.3 is 5.97 Å². The van der Waals surface area contributed by atoms with Gasteiger partial charge in [0.25, 0.3) is 0 Å². The van der Waals surface area contributed by atoms with E-state index in [1.54, 1.807) is 0 Å². The number of nitrogens with one attached hydrogen (secondary N) is 1. The van der Waals surface area contributed by atoms with Crippen LogP contribution in [0.25, 0.3) is 0 Å². The lowest BCUT2D eigenvalue weighted by atomic mass is 10.1. The van der Waals surface area contributed by atoms with E-state index in [2.05, 4.69) is 40.0 Å². The fourth-order valence-corrected chi connectivity index (χ4v) is 2.39. The van der Waals surface area contributed by atoms with Crippen molar-refractivity contribution in [1.82, 2.24) is 9.88 Å². The molecular weight excluding hydrogens is 240 g/mol. The number of rotatable bonds is 8. The molecule has 4 heteroatoms. The predicted octanol–water partition coefficient (Wildman–Crippen LogP) is 2.50. The van der Waals surface area contributed by atoms with Gasteiger partial charge in [0.15, 0.2) is 0 Å². The highest BCUT2D eigenvalue weighted by Gasteiger charge is 2.32. The maximum atomic E-state index is 11.1. The second kappa shape index (κ2) is 6.75. The fourth-order valence-electron chi connectivity index (χ4n) is 2.39. The highest BCUT2D eigenvalue weighted by molar-refractivity contribution is 5.68. The zero-order valence-electron chi connectivity index (χ0n) is 11.9. The van der Waals surface area contributed by atoms with Crippen molar-refractivity contribution < 1.29 is 9.53 Å². The van der Waals surface area contributed by atoms with Crippen LogP contribution in [0.1, 0.15) is 44.2 Å². The first kappa shape index (κ1) is 14.1. The molecule has 0 amide bonds. The Morgan fingerprint density at radius 1 is 1.58 bits per heavy atom. The lowest BCUT2D eigenvalue weighted by molar-refractivity contribution is -0.140. The topological polar surface area (TPSA) is 43.3 Å². The Kier molecular flexibility index (Phi) is 5.02. The van der Waals surface area contributed by atoms with Gasteiger partial charge in [-0.05, 0) is 43.4 Å². The number of ether oxygens (including phenoxy) is 1. The van der Waals surface area contributed by atoms with E-state index in [1.807, 2.05) is 0 Å². The molecule has 19 heavy (non-hydrogen) atoms. The molecule has 1 heterocycles. The predicted molar refractivity (Wildman–Crippen MR) is 74.8 cm³/mol. The molecule has 2 rings (SSSR count). The molecule has 0 radical (unpaired) electrons. The van der Waals surface area contributed by atoms with Crippen LogP contribution in [0.15, 0.2) is 18.5 Å². The zero-order valence-corrected chi connectivity index (χ0v) is 11.9. The number of methoxy groups -OCH3 is 1. The Bertz CT molecular complexity index is 410. The summed E-state index contributed by atoms with van der Waals surface area (Å²) < 4.78 is 6.74. The first-order valence-electron chi connectivity index (χ1n) is 7.20. The van der Waals surface area contributed by atoms with E-state index in [9.17, 15) is 4.79 Å². The summed E-state index contributed by atoms with van der Waals surface area (Å²) in [5.74, 6) is 0.640. The molecule has 1 aliphatic carbocycles. The number of aryl methyl sites for hydroxylation is 1. The maximum Gasteiger partial charge on any atom is 0.307 e. The minimum absolute atomic E-state index is 0.155. The molecule has 106 valence electrons. The standard InChI is InChI=1S/C15H24N2O2/c1-3-8-16-15(12-4-5-12)13-6-9-17(11-13)10-7-14(18)19-2/h6,9,11-12,15-16H,3-5,7-8,10H2,1-2H3. The monoisotopic (exact) mass is 264 g/mol. The number of aromatic nitrogens is 1. The minimum Gasteiger partial charge on any atom is -0.469 e. The van der Waals surface area contributed by atoms with Crippen LogP contribution in [0, 0.1) is 5.92 Å². The summed E-state index contributed by atoms with van der Waals surface area (Å²) in [6, 6.07) is 2.66. The van der Waals surface area contributed by atoms with Crippen LogP contribution in [0.4, 0.5) is 0 Å². The van der Waals surface area contributed by atoms with Crippen LogP contribution < -0.4 is 5.32 Å². The van der Waals surface area contributed by atoms with Gasteiger partial charge in [0, 0.05) is 25.0 Å². The maximum absolute atomic E-state index is 11.1. The lowest BCUT2D eigenvalue weighted by Gasteiger charge is -2.16. The fraction of sp³-hybridized carbons (Fsp3) is 0.667. The number of hydrogen-bond acceptors (Lipinski definition) is 3. The number of carbonyl (C=O) groups is 1. The van der Waals surface area contributed by atoms with Crippen molar-refractivity contribution in [3.05, 3.63) is 24.0 Å². The molecule has 0 aliphatic heterocycles. The second-order valence-electron chi connectivity index (χ2n) is 5.28. The van der Waals surface area contributed by atoms with Crippen molar-refractivity contribution in [1.29, 1.82) is 0 Å². The van der Waals surface area contributed by atoms with E-state index in [-0.39, 0.29) is 5.97 Å². The van der Waals surface area contributed by atoms with Gasteiger partial charge in [-0.15, -0.1) is 0 Å². The second-order valence-corrected chi connectivity index (χ2v) is 5.28. The third kappa shape index (κ3) is 4.10. The highest BCUT2D eigenvalue weighted by Crippen LogP contribution is 2.41. The molecule has 0 aromatic carbocycles. The summed E-state index contributed by atoms with van der Waals surface area (Å²) >= 11 is 0. The normalized spacial score (nSPS) is 16.3. The average Bonchev–Trinajstić information content (AvgIpc) is 3.15. The molecule has 1 atom stereocenters. The van der Waals surface area contributed by atoms with Crippen molar-refractivity contribution in [2.75, 3.05) is 13.7 Å². The van der Waals surface area contributed by atoms with Gasteiger partial charge in [-0.2, -0.15) is 0 Å². The molecule has 1 fully saturated rings. The van der Waals surface area contributed by atoms with Gasteiger partial charge in [-0.3, -0.25) is 4.79 Å². The molecule has 4 nitrogen and oxygen atoms in total. The van der Waals surface area contributed by atoms with Gasteiger partial charge in [-0.25, -0.2) is 0 Å². The minimum atomic E-state index is -0.155. The number of hydrogen-bond donors (Lipinski definition) is 1. The quantitative estimate of drug-likeness (QED) is 0.734. The number of esters is 1. The Morgan fingerprint density at radius 2 is 2.37 bits per heavy atom. The van der Waals surface area contributed by atoms with Crippen LogP contribution in [0.5, 0.6) is 0 Å². The Labute approximate surface area is 115 Å². The van der Waals surface area contributed by atoms with Gasteiger partial charge in [0.1, 0.15) is 0 Å². The summed E-state index contributed by atoms with van der Waals surface area (Å²) in [5.41, 5.74) is 1.35. The van der Waals surface area contributed by atoms with E-state index in [0.29, 0.717) is 19.0 Å². The van der Waals surface area contributed by atoms with Gasteiger partial charge in [0.05, 0.1) is 13.5 Å². The molecule has 1 aromatic rings. The molecule has 0 saturated heterocycles. The van der Waals surface area contributed by atoms with Crippen LogP contribution in [-0.4, -0.2) is 24.2 Å². The first-order valence-corrected chi connectivity index (χ1v) is 7.20. The Hall–Kier alpha value is -1.29. The van der Waals surface area contributed by atoms with Crippen molar-refractivity contribution in [2.24, 2.45) is 5.92 Å². The molecule has 0 bridgehead atoms. The largest absolute Gasteiger partial charge is 0.469 e. The van der Waals surface area contributed by atoms with E-state index in [0.717, 1.165) is 18.9 Å². The summed E-state index contributed by atoms with van der Waals surface area (Å²) in [4.78, 5) is 11.1. The molecule has 1 saturated carbocycles. The van der Waals surface area contributed by atoms with Gasteiger partial charge in [-0.1, -0.05) is 6.92 Å². The summed E-state index contributed by atoms with van der Waals surface area (Å²) in [6.45, 7) is 3.95. The van der Waals surface area contributed by atoms with Crippen molar-refractivity contribution in [3.63, 3.8) is 0 Å². The smallest absolute Gasteiger partial charge is 0.307 e. The third-order valence-corrected chi connectivity index (χ3v) is 3.64. The SMILES string of the molecule is CCCNC(c1ccn(CCC(=O)OC)c1)C1CC1. The van der Waals surface area contributed by atoms with Crippen LogP contribution in [-0.2, 0) is 16.1 Å². The molecule has 1 N–H and O–H groups in total. The zero-order chi connectivity index (χ0) is 13.7. The molecule has 1 aliphatic rings. The third-order valence-electron chi connectivity index (χ3n) is 3.64. The van der Waals surface area contributed by atoms with Crippen LogP contribution in [0.3, 0.4) is 0 Å². The Balaban J connectivity index is 1.92. The van der Waals surface area contributed by atoms with E-state index < -0.39 is 0 Å². The van der Waals surface area contributed by atoms with Crippen molar-refractivity contribution >= 4 is 5.97 Å². The highest BCUT2D eigenvalue weighted by atomic mass is 16.5. The van der Waals surface area contributed by atoms with Crippen molar-refractivity contribution in [2.45, 2.75) is 45.2 Å². The lowest BCUT2D eigenvalue weighted by Crippen LogP contribution is -2.23. The van der Waals surface area contributed by atoms with E-state index >= 15 is 0 Å². The van der Waals surface area contributed by atoms with Gasteiger partial charge in [0.2, 0.25) is 0 Å². The van der Waals surface area contributed by atoms with Crippen LogP contribution in [0.2, 0.25) is 0 Å². The van der Waals surface area contributed by atoms with Gasteiger partial charge < -0.3 is 14.6 Å². The summed E-state index contributed by atoms with van der Waals surface area (Å²) in [5, 5.41) is 3.63. The number of nitrogens with zero attached hydrogens (tertiary/aromatic N) is 1. The van der Waals surface area contributed by atoms with E-state index in [4.69, 9.17) is 0 Å². The molecule has 1 aromatic heterocycles. The van der Waals surface area contributed by atoms with Crippen molar-refractivity contribution in [3.8, 4) is 0 Å². The van der Waals surface area contributed by atoms with Crippen LogP contribution >= 0.6 is 0 Å². The number of carbonyl (C=O) groups excluding carboxylic acids is 1. The summed E-state index contributed by atoms with van der Waals surface area (Å²) in [7, 11) is 1.43. The molecule has 0 spiro atoms. The van der Waals surface area contributed by atoms with E-state index in [1.165, 1.54) is 25.5 Å².